The summed E-state index contributed by atoms with van der Waals surface area (Å²) in [6, 6.07) is 6.21. The summed E-state index contributed by atoms with van der Waals surface area (Å²) in [6.07, 6.45) is -1.21. The molecule has 5 N–H and O–H groups in total. The summed E-state index contributed by atoms with van der Waals surface area (Å²) in [5, 5.41) is 7.41. The van der Waals surface area contributed by atoms with Crippen molar-refractivity contribution in [2.24, 2.45) is 0 Å². The minimum atomic E-state index is -1.32. The quantitative estimate of drug-likeness (QED) is 0.380. The second-order valence-corrected chi connectivity index (χ2v) is 7.24. The maximum atomic E-state index is 14.3. The second kappa shape index (κ2) is 8.47. The fourth-order valence-electron chi connectivity index (χ4n) is 3.19. The Kier molecular flexibility index (Phi) is 5.68. The fourth-order valence-corrected chi connectivity index (χ4v) is 3.37. The number of benzene rings is 2. The highest BCUT2D eigenvalue weighted by Gasteiger charge is 2.21. The first-order valence-electron chi connectivity index (χ1n) is 9.27. The molecule has 0 atom stereocenters. The van der Waals surface area contributed by atoms with E-state index in [-0.39, 0.29) is 35.4 Å². The van der Waals surface area contributed by atoms with Crippen LogP contribution in [-0.2, 0) is 11.2 Å². The summed E-state index contributed by atoms with van der Waals surface area (Å²) < 4.78 is 47.9. The molecule has 0 bridgehead atoms. The smallest absolute Gasteiger partial charge is 0.411 e. The number of fused-ring (bicyclic) bond motifs is 1. The van der Waals surface area contributed by atoms with Crippen LogP contribution in [0.5, 0.6) is 0 Å². The third-order valence-corrected chi connectivity index (χ3v) is 4.99. The van der Waals surface area contributed by atoms with Crippen LogP contribution in [0.3, 0.4) is 0 Å². The molecule has 33 heavy (non-hydrogen) atoms. The number of aromatic nitrogens is 4. The van der Waals surface area contributed by atoms with Crippen molar-refractivity contribution in [2.75, 3.05) is 23.9 Å². The van der Waals surface area contributed by atoms with E-state index < -0.39 is 29.1 Å². The Balaban J connectivity index is 1.86. The van der Waals surface area contributed by atoms with Gasteiger partial charge in [0.1, 0.15) is 11.5 Å². The van der Waals surface area contributed by atoms with E-state index in [0.717, 1.165) is 13.2 Å². The summed E-state index contributed by atoms with van der Waals surface area (Å²) in [7, 11) is 1.16. The summed E-state index contributed by atoms with van der Waals surface area (Å²) in [5.74, 6) is -3.87. The standard InChI is InChI=1S/C20H15ClF3N7O2/c1-33-20(32)27-16-17(25)28-19(29-18(16)26)31-14-5-2-8(21)6-10(14)13(30-31)7-9-11(22)3-4-12(23)15(9)24/h2-6H,7H2,1H3,(H,27,32)(H4,25,26,28,29). The lowest BCUT2D eigenvalue weighted by Gasteiger charge is -2.11. The molecule has 2 aromatic heterocycles. The maximum absolute atomic E-state index is 14.3. The third kappa shape index (κ3) is 4.07. The number of halogens is 4. The minimum absolute atomic E-state index is 0.0609. The van der Waals surface area contributed by atoms with Gasteiger partial charge in [-0.3, -0.25) is 5.32 Å². The number of ether oxygens (including phenoxy) is 1. The molecule has 0 aliphatic heterocycles. The zero-order valence-corrected chi connectivity index (χ0v) is 17.6. The van der Waals surface area contributed by atoms with Gasteiger partial charge >= 0.3 is 6.09 Å². The van der Waals surface area contributed by atoms with Crippen molar-refractivity contribution in [2.45, 2.75) is 6.42 Å². The number of hydrogen-bond acceptors (Lipinski definition) is 7. The number of nitrogens with two attached hydrogens (primary N) is 2. The first-order chi connectivity index (χ1) is 15.7. The van der Waals surface area contributed by atoms with Gasteiger partial charge in [0.15, 0.2) is 23.3 Å². The van der Waals surface area contributed by atoms with Gasteiger partial charge in [-0.2, -0.15) is 19.7 Å². The number of amides is 1. The Hall–Kier alpha value is -4.06. The number of anilines is 3. The van der Waals surface area contributed by atoms with Crippen LogP contribution in [-0.4, -0.2) is 33.0 Å². The molecule has 13 heteroatoms. The van der Waals surface area contributed by atoms with E-state index in [2.05, 4.69) is 25.1 Å². The lowest BCUT2D eigenvalue weighted by molar-refractivity contribution is 0.187. The van der Waals surface area contributed by atoms with Crippen molar-refractivity contribution in [1.29, 1.82) is 0 Å². The SMILES string of the molecule is COC(=O)Nc1c(N)nc(-n2nc(Cc3c(F)ccc(F)c3F)c3cc(Cl)ccc32)nc1N. The summed E-state index contributed by atoms with van der Waals surface area (Å²) >= 11 is 6.10. The molecule has 0 unspecified atom stereocenters. The third-order valence-electron chi connectivity index (χ3n) is 4.76. The number of nitrogens with zero attached hydrogens (tertiary/aromatic N) is 4. The molecule has 0 saturated carbocycles. The van der Waals surface area contributed by atoms with Crippen LogP contribution in [0.25, 0.3) is 16.9 Å². The second-order valence-electron chi connectivity index (χ2n) is 6.80. The van der Waals surface area contributed by atoms with E-state index >= 15 is 0 Å². The van der Waals surface area contributed by atoms with Gasteiger partial charge in [-0.1, -0.05) is 11.6 Å². The van der Waals surface area contributed by atoms with Crippen molar-refractivity contribution < 1.29 is 22.7 Å². The minimum Gasteiger partial charge on any atom is -0.453 e. The molecule has 0 aliphatic carbocycles. The summed E-state index contributed by atoms with van der Waals surface area (Å²) in [6.45, 7) is 0. The Labute approximate surface area is 189 Å². The molecule has 170 valence electrons. The summed E-state index contributed by atoms with van der Waals surface area (Å²) in [4.78, 5) is 19.7. The molecular formula is C20H15ClF3N7O2. The molecule has 0 fully saturated rings. The fraction of sp³-hybridized carbons (Fsp3) is 0.100. The number of nitrogen functional groups attached to an aromatic ring is 2. The zero-order valence-electron chi connectivity index (χ0n) is 16.9. The van der Waals surface area contributed by atoms with Gasteiger partial charge in [0.2, 0.25) is 0 Å². The maximum Gasteiger partial charge on any atom is 0.411 e. The molecule has 0 spiro atoms. The largest absolute Gasteiger partial charge is 0.453 e. The molecule has 9 nitrogen and oxygen atoms in total. The van der Waals surface area contributed by atoms with Gasteiger partial charge in [0, 0.05) is 22.4 Å². The Bertz CT molecular complexity index is 1390. The number of carbonyl (C=O) groups excluding carboxylic acids is 1. The van der Waals surface area contributed by atoms with Crippen molar-refractivity contribution in [1.82, 2.24) is 19.7 Å². The van der Waals surface area contributed by atoms with Gasteiger partial charge < -0.3 is 16.2 Å². The van der Waals surface area contributed by atoms with Crippen molar-refractivity contribution in [3.05, 3.63) is 64.1 Å². The van der Waals surface area contributed by atoms with Crippen LogP contribution >= 0.6 is 11.6 Å². The van der Waals surface area contributed by atoms with E-state index in [1.807, 2.05) is 0 Å². The predicted octanol–water partition coefficient (Wildman–Crippen LogP) is 3.82. The van der Waals surface area contributed by atoms with Gasteiger partial charge in [-0.25, -0.2) is 18.0 Å². The molecular weight excluding hydrogens is 463 g/mol. The van der Waals surface area contributed by atoms with Crippen LogP contribution in [0.2, 0.25) is 5.02 Å². The monoisotopic (exact) mass is 477 g/mol. The van der Waals surface area contributed by atoms with Crippen molar-refractivity contribution >= 4 is 45.9 Å². The van der Waals surface area contributed by atoms with E-state index in [1.54, 1.807) is 12.1 Å². The molecule has 0 aliphatic rings. The first kappa shape index (κ1) is 22.1. The molecule has 4 rings (SSSR count). The lowest BCUT2D eigenvalue weighted by atomic mass is 10.1. The molecule has 0 saturated heterocycles. The highest BCUT2D eigenvalue weighted by molar-refractivity contribution is 6.31. The number of methoxy groups -OCH3 is 1. The van der Waals surface area contributed by atoms with E-state index in [1.165, 1.54) is 10.7 Å². The molecule has 2 heterocycles. The average molecular weight is 478 g/mol. The van der Waals surface area contributed by atoms with Crippen LogP contribution in [0.15, 0.2) is 30.3 Å². The average Bonchev–Trinajstić information content (AvgIpc) is 3.13. The molecule has 0 radical (unpaired) electrons. The Morgan fingerprint density at radius 3 is 2.45 bits per heavy atom. The van der Waals surface area contributed by atoms with Gasteiger partial charge in [-0.05, 0) is 30.3 Å². The predicted molar refractivity (Wildman–Crippen MR) is 116 cm³/mol. The van der Waals surface area contributed by atoms with E-state index in [0.29, 0.717) is 22.0 Å². The van der Waals surface area contributed by atoms with Crippen LogP contribution in [0.4, 0.5) is 35.3 Å². The lowest BCUT2D eigenvalue weighted by Crippen LogP contribution is -2.17. The van der Waals surface area contributed by atoms with Crippen LogP contribution in [0, 0.1) is 17.5 Å². The number of nitrogens with one attached hydrogen (secondary N) is 1. The Morgan fingerprint density at radius 2 is 1.79 bits per heavy atom. The number of hydrogen-bond donors (Lipinski definition) is 3. The summed E-state index contributed by atoms with van der Waals surface area (Å²) in [5.41, 5.74) is 11.9. The van der Waals surface area contributed by atoms with Crippen molar-refractivity contribution in [3.63, 3.8) is 0 Å². The van der Waals surface area contributed by atoms with Crippen LogP contribution < -0.4 is 16.8 Å². The van der Waals surface area contributed by atoms with Gasteiger partial charge in [0.05, 0.1) is 18.3 Å². The van der Waals surface area contributed by atoms with Crippen LogP contribution in [0.1, 0.15) is 11.3 Å². The Morgan fingerprint density at radius 1 is 1.12 bits per heavy atom. The topological polar surface area (TPSA) is 134 Å². The molecule has 4 aromatic rings. The molecule has 1 amide bonds. The van der Waals surface area contributed by atoms with Gasteiger partial charge in [-0.15, -0.1) is 0 Å². The highest BCUT2D eigenvalue weighted by atomic mass is 35.5. The number of carbonyl (C=O) groups is 1. The number of rotatable bonds is 4. The van der Waals surface area contributed by atoms with E-state index in [4.69, 9.17) is 23.1 Å². The van der Waals surface area contributed by atoms with E-state index in [9.17, 15) is 18.0 Å². The van der Waals surface area contributed by atoms with Crippen molar-refractivity contribution in [3.8, 4) is 5.95 Å². The highest BCUT2D eigenvalue weighted by Crippen LogP contribution is 2.30. The first-order valence-corrected chi connectivity index (χ1v) is 9.65. The normalized spacial score (nSPS) is 11.1. The van der Waals surface area contributed by atoms with Gasteiger partial charge in [0.25, 0.3) is 5.95 Å². The zero-order chi connectivity index (χ0) is 23.9. The molecule has 2 aromatic carbocycles.